The van der Waals surface area contributed by atoms with Crippen molar-refractivity contribution in [3.8, 4) is 11.5 Å². The van der Waals surface area contributed by atoms with Crippen LogP contribution in [0.15, 0.2) is 30.3 Å². The number of ketones is 2. The fourth-order valence-electron chi connectivity index (χ4n) is 3.79. The second kappa shape index (κ2) is 9.18. The van der Waals surface area contributed by atoms with E-state index in [0.717, 1.165) is 0 Å². The molecule has 1 aromatic heterocycles. The van der Waals surface area contributed by atoms with Gasteiger partial charge in [-0.3, -0.25) is 14.4 Å². The number of likely N-dealkylation sites (tertiary alicyclic amines) is 1. The van der Waals surface area contributed by atoms with E-state index in [4.69, 9.17) is 21.1 Å². The first-order valence-corrected chi connectivity index (χ1v) is 11.2. The maximum atomic E-state index is 12.9. The lowest BCUT2D eigenvalue weighted by Crippen LogP contribution is -2.40. The number of rotatable bonds is 6. The molecule has 30 heavy (non-hydrogen) atoms. The third-order valence-electron chi connectivity index (χ3n) is 5.46. The molecule has 4 rings (SSSR count). The van der Waals surface area contributed by atoms with Crippen LogP contribution < -0.4 is 9.47 Å². The molecular weight excluding hydrogens is 426 g/mol. The SMILES string of the molecule is O=C(CCC(=O)N1CCC(C(=O)c2ccc3c(c2)OCCO3)CC1)c1ccc(Cl)s1. The lowest BCUT2D eigenvalue weighted by atomic mass is 9.88. The zero-order chi connectivity index (χ0) is 21.1. The fraction of sp³-hybridized carbons (Fsp3) is 0.409. The van der Waals surface area contributed by atoms with Gasteiger partial charge < -0.3 is 14.4 Å². The number of carbonyl (C=O) groups excluding carboxylic acids is 3. The van der Waals surface area contributed by atoms with Crippen LogP contribution in [0.2, 0.25) is 4.34 Å². The molecule has 2 aromatic rings. The quantitative estimate of drug-likeness (QED) is 0.619. The van der Waals surface area contributed by atoms with Gasteiger partial charge in [-0.15, -0.1) is 11.3 Å². The molecule has 2 aliphatic heterocycles. The van der Waals surface area contributed by atoms with Gasteiger partial charge in [-0.05, 0) is 43.2 Å². The van der Waals surface area contributed by atoms with Crippen molar-refractivity contribution in [2.24, 2.45) is 5.92 Å². The Morgan fingerprint density at radius 2 is 1.73 bits per heavy atom. The number of halogens is 1. The molecule has 1 saturated heterocycles. The topological polar surface area (TPSA) is 72.9 Å². The third kappa shape index (κ3) is 4.68. The standard InChI is InChI=1S/C22H22ClNO5S/c23-20-5-4-19(30-20)16(25)2-6-21(26)24-9-7-14(8-10-24)22(27)15-1-3-17-18(13-15)29-12-11-28-17/h1,3-5,13-14H,2,6-12H2. The summed E-state index contributed by atoms with van der Waals surface area (Å²) in [5, 5.41) is 0. The van der Waals surface area contributed by atoms with Crippen molar-refractivity contribution in [3.05, 3.63) is 45.1 Å². The Morgan fingerprint density at radius 1 is 1.00 bits per heavy atom. The van der Waals surface area contributed by atoms with Crippen molar-refractivity contribution in [3.63, 3.8) is 0 Å². The second-order valence-corrected chi connectivity index (χ2v) is 9.12. The molecular formula is C22H22ClNO5S. The summed E-state index contributed by atoms with van der Waals surface area (Å²) in [5.41, 5.74) is 0.615. The molecule has 0 unspecified atom stereocenters. The van der Waals surface area contributed by atoms with Gasteiger partial charge in [-0.2, -0.15) is 0 Å². The van der Waals surface area contributed by atoms with Crippen LogP contribution in [0.1, 0.15) is 45.7 Å². The van der Waals surface area contributed by atoms with Gasteiger partial charge in [-0.1, -0.05) is 11.6 Å². The Kier molecular flexibility index (Phi) is 6.39. The van der Waals surface area contributed by atoms with Crippen molar-refractivity contribution in [2.45, 2.75) is 25.7 Å². The number of piperidine rings is 1. The molecule has 0 radical (unpaired) electrons. The summed E-state index contributed by atoms with van der Waals surface area (Å²) in [6, 6.07) is 8.67. The molecule has 158 valence electrons. The summed E-state index contributed by atoms with van der Waals surface area (Å²) in [4.78, 5) is 39.9. The molecule has 0 bridgehead atoms. The van der Waals surface area contributed by atoms with Gasteiger partial charge >= 0.3 is 0 Å². The summed E-state index contributed by atoms with van der Waals surface area (Å²) in [7, 11) is 0. The summed E-state index contributed by atoms with van der Waals surface area (Å²) in [6.45, 7) is 2.05. The van der Waals surface area contributed by atoms with Gasteiger partial charge in [0.25, 0.3) is 0 Å². The summed E-state index contributed by atoms with van der Waals surface area (Å²) in [6.07, 6.45) is 1.59. The molecule has 0 N–H and O–H groups in total. The van der Waals surface area contributed by atoms with Crippen molar-refractivity contribution in [1.82, 2.24) is 4.90 Å². The maximum Gasteiger partial charge on any atom is 0.223 e. The molecule has 0 spiro atoms. The van der Waals surface area contributed by atoms with Gasteiger partial charge in [0.05, 0.1) is 9.21 Å². The zero-order valence-corrected chi connectivity index (χ0v) is 18.0. The zero-order valence-electron chi connectivity index (χ0n) is 16.4. The average Bonchev–Trinajstić information content (AvgIpc) is 3.23. The monoisotopic (exact) mass is 447 g/mol. The van der Waals surface area contributed by atoms with Crippen LogP contribution in [-0.4, -0.2) is 48.7 Å². The number of hydrogen-bond donors (Lipinski definition) is 0. The Morgan fingerprint density at radius 3 is 2.43 bits per heavy atom. The van der Waals surface area contributed by atoms with Crippen LogP contribution in [0.3, 0.4) is 0 Å². The maximum absolute atomic E-state index is 12.9. The number of nitrogens with zero attached hydrogens (tertiary/aromatic N) is 1. The van der Waals surface area contributed by atoms with Crippen LogP contribution in [-0.2, 0) is 4.79 Å². The number of carbonyl (C=O) groups is 3. The van der Waals surface area contributed by atoms with Crippen LogP contribution in [0.25, 0.3) is 0 Å². The first-order valence-electron chi connectivity index (χ1n) is 10.0. The highest BCUT2D eigenvalue weighted by atomic mass is 35.5. The minimum Gasteiger partial charge on any atom is -0.486 e. The fourth-order valence-corrected chi connectivity index (χ4v) is 4.80. The predicted molar refractivity (Wildman–Crippen MR) is 114 cm³/mol. The van der Waals surface area contributed by atoms with Crippen molar-refractivity contribution < 1.29 is 23.9 Å². The van der Waals surface area contributed by atoms with E-state index >= 15 is 0 Å². The number of benzene rings is 1. The van der Waals surface area contributed by atoms with E-state index in [1.54, 1.807) is 35.2 Å². The molecule has 0 saturated carbocycles. The van der Waals surface area contributed by atoms with Crippen molar-refractivity contribution >= 4 is 40.4 Å². The Bertz CT molecular complexity index is 964. The smallest absolute Gasteiger partial charge is 0.223 e. The average molecular weight is 448 g/mol. The Labute approximate surface area is 183 Å². The first kappa shape index (κ1) is 20.9. The third-order valence-corrected chi connectivity index (χ3v) is 6.73. The number of Topliss-reactive ketones (excluding diaryl/α,β-unsaturated/α-hetero) is 2. The van der Waals surface area contributed by atoms with E-state index < -0.39 is 0 Å². The van der Waals surface area contributed by atoms with Gasteiger partial charge in [-0.25, -0.2) is 0 Å². The van der Waals surface area contributed by atoms with E-state index in [1.807, 2.05) is 0 Å². The molecule has 1 fully saturated rings. The van der Waals surface area contributed by atoms with E-state index in [0.29, 0.717) is 65.4 Å². The molecule has 8 heteroatoms. The second-order valence-electron chi connectivity index (χ2n) is 7.40. The van der Waals surface area contributed by atoms with Crippen molar-refractivity contribution in [1.29, 1.82) is 0 Å². The largest absolute Gasteiger partial charge is 0.486 e. The van der Waals surface area contributed by atoms with Gasteiger partial charge in [0.15, 0.2) is 23.1 Å². The normalized spacial score (nSPS) is 16.4. The number of ether oxygens (including phenoxy) is 2. The number of fused-ring (bicyclic) bond motifs is 1. The molecule has 2 aliphatic rings. The minimum absolute atomic E-state index is 0.0452. The predicted octanol–water partition coefficient (Wildman–Crippen LogP) is 4.26. The molecule has 3 heterocycles. The lowest BCUT2D eigenvalue weighted by molar-refractivity contribution is -0.132. The molecule has 0 aliphatic carbocycles. The Hall–Kier alpha value is -2.38. The summed E-state index contributed by atoms with van der Waals surface area (Å²) >= 11 is 7.09. The van der Waals surface area contributed by atoms with Crippen LogP contribution in [0.5, 0.6) is 11.5 Å². The first-order chi connectivity index (χ1) is 14.5. The van der Waals surface area contributed by atoms with Crippen LogP contribution in [0.4, 0.5) is 0 Å². The highest BCUT2D eigenvalue weighted by Gasteiger charge is 2.29. The molecule has 0 atom stereocenters. The van der Waals surface area contributed by atoms with E-state index in [1.165, 1.54) is 11.3 Å². The molecule has 6 nitrogen and oxygen atoms in total. The Balaban J connectivity index is 1.27. The number of hydrogen-bond acceptors (Lipinski definition) is 6. The van der Waals surface area contributed by atoms with E-state index in [9.17, 15) is 14.4 Å². The number of thiophene rings is 1. The van der Waals surface area contributed by atoms with Gasteiger partial charge in [0.2, 0.25) is 5.91 Å². The van der Waals surface area contributed by atoms with Crippen LogP contribution >= 0.6 is 22.9 Å². The molecule has 1 aromatic carbocycles. The highest BCUT2D eigenvalue weighted by molar-refractivity contribution is 7.18. The van der Waals surface area contributed by atoms with E-state index in [2.05, 4.69) is 0 Å². The molecule has 1 amide bonds. The summed E-state index contributed by atoms with van der Waals surface area (Å²) < 4.78 is 11.6. The van der Waals surface area contributed by atoms with E-state index in [-0.39, 0.29) is 36.2 Å². The lowest BCUT2D eigenvalue weighted by Gasteiger charge is -2.31. The van der Waals surface area contributed by atoms with Crippen molar-refractivity contribution in [2.75, 3.05) is 26.3 Å². The number of amides is 1. The van der Waals surface area contributed by atoms with Gasteiger partial charge in [0, 0.05) is 37.4 Å². The summed E-state index contributed by atoms with van der Waals surface area (Å²) in [5.74, 6) is 1.12. The highest BCUT2D eigenvalue weighted by Crippen LogP contribution is 2.32. The van der Waals surface area contributed by atoms with Gasteiger partial charge in [0.1, 0.15) is 13.2 Å². The van der Waals surface area contributed by atoms with Crippen LogP contribution in [0, 0.1) is 5.92 Å². The minimum atomic E-state index is -0.119.